The Kier molecular flexibility index (Phi) is 5.44. The van der Waals surface area contributed by atoms with E-state index in [1.807, 2.05) is 6.92 Å². The highest BCUT2D eigenvalue weighted by molar-refractivity contribution is 9.10. The van der Waals surface area contributed by atoms with E-state index in [0.29, 0.717) is 6.54 Å². The zero-order valence-electron chi connectivity index (χ0n) is 9.74. The van der Waals surface area contributed by atoms with Crippen molar-refractivity contribution >= 4 is 21.8 Å². The van der Waals surface area contributed by atoms with Crippen LogP contribution in [0.4, 0.5) is 0 Å². The quantitative estimate of drug-likeness (QED) is 0.779. The molecule has 1 aromatic rings. The number of nitrogens with two attached hydrogens (primary N) is 1. The summed E-state index contributed by atoms with van der Waals surface area (Å²) >= 11 is 3.22. The Morgan fingerprint density at radius 2 is 2.29 bits per heavy atom. The molecule has 0 aliphatic rings. The second-order valence-corrected chi connectivity index (χ2v) is 4.77. The largest absolute Gasteiger partial charge is 0.507 e. The lowest BCUT2D eigenvalue weighted by molar-refractivity contribution is 0.0933. The summed E-state index contributed by atoms with van der Waals surface area (Å²) < 4.78 is 0.732. The van der Waals surface area contributed by atoms with Crippen molar-refractivity contribution in [3.05, 3.63) is 28.2 Å². The Labute approximate surface area is 109 Å². The number of halogens is 1. The molecule has 0 spiro atoms. The second kappa shape index (κ2) is 6.61. The zero-order valence-corrected chi connectivity index (χ0v) is 11.3. The van der Waals surface area contributed by atoms with Gasteiger partial charge in [-0.3, -0.25) is 4.79 Å². The summed E-state index contributed by atoms with van der Waals surface area (Å²) in [6, 6.07) is 4.74. The summed E-state index contributed by atoms with van der Waals surface area (Å²) in [5.41, 5.74) is 5.83. The van der Waals surface area contributed by atoms with Crippen LogP contribution in [0.1, 0.15) is 30.1 Å². The fraction of sp³-hybridized carbons (Fsp3) is 0.417. The van der Waals surface area contributed by atoms with Crippen molar-refractivity contribution in [2.75, 3.05) is 6.54 Å². The van der Waals surface area contributed by atoms with E-state index in [9.17, 15) is 9.90 Å². The first-order valence-electron chi connectivity index (χ1n) is 5.58. The molecule has 1 rings (SSSR count). The lowest BCUT2D eigenvalue weighted by Crippen LogP contribution is -2.40. The summed E-state index contributed by atoms with van der Waals surface area (Å²) in [6.07, 6.45) is 1.79. The molecule has 1 amide bonds. The number of phenols is 1. The molecule has 94 valence electrons. The number of hydrogen-bond acceptors (Lipinski definition) is 3. The molecule has 0 radical (unpaired) electrons. The predicted octanol–water partition coefficient (Wildman–Crippen LogP) is 2.01. The molecule has 0 saturated carbocycles. The van der Waals surface area contributed by atoms with Gasteiger partial charge >= 0.3 is 0 Å². The van der Waals surface area contributed by atoms with E-state index in [1.54, 1.807) is 12.1 Å². The van der Waals surface area contributed by atoms with Gasteiger partial charge in [-0.1, -0.05) is 29.3 Å². The molecule has 0 heterocycles. The molecular weight excluding hydrogens is 284 g/mol. The highest BCUT2D eigenvalue weighted by atomic mass is 79.9. The fourth-order valence-corrected chi connectivity index (χ4v) is 1.91. The minimum Gasteiger partial charge on any atom is -0.507 e. The van der Waals surface area contributed by atoms with Gasteiger partial charge in [-0.2, -0.15) is 0 Å². The van der Waals surface area contributed by atoms with Crippen LogP contribution in [0.2, 0.25) is 0 Å². The highest BCUT2D eigenvalue weighted by Crippen LogP contribution is 2.22. The minimum atomic E-state index is -0.293. The van der Waals surface area contributed by atoms with Crippen molar-refractivity contribution in [2.45, 2.75) is 25.8 Å². The van der Waals surface area contributed by atoms with Gasteiger partial charge in [0.25, 0.3) is 5.91 Å². The first-order chi connectivity index (χ1) is 8.08. The van der Waals surface area contributed by atoms with E-state index in [0.717, 1.165) is 17.3 Å². The lowest BCUT2D eigenvalue weighted by Gasteiger charge is -2.16. The average molecular weight is 301 g/mol. The molecule has 0 aliphatic carbocycles. The molecule has 4 nitrogen and oxygen atoms in total. The van der Waals surface area contributed by atoms with E-state index >= 15 is 0 Å². The number of hydrogen-bond donors (Lipinski definition) is 3. The van der Waals surface area contributed by atoms with Gasteiger partial charge in [0.1, 0.15) is 5.75 Å². The Hall–Kier alpha value is -1.07. The number of amides is 1. The second-order valence-electron chi connectivity index (χ2n) is 3.86. The molecule has 0 aliphatic heterocycles. The lowest BCUT2D eigenvalue weighted by atomic mass is 10.1. The van der Waals surface area contributed by atoms with Crippen LogP contribution in [-0.4, -0.2) is 23.6 Å². The molecular formula is C12H17BrN2O2. The number of benzene rings is 1. The average Bonchev–Trinajstić information content (AvgIpc) is 2.28. The van der Waals surface area contributed by atoms with Crippen LogP contribution in [0.25, 0.3) is 0 Å². The van der Waals surface area contributed by atoms with E-state index in [4.69, 9.17) is 5.73 Å². The third-order valence-corrected chi connectivity index (χ3v) is 2.95. The third-order valence-electron chi connectivity index (χ3n) is 2.46. The van der Waals surface area contributed by atoms with Crippen LogP contribution in [0.15, 0.2) is 22.7 Å². The van der Waals surface area contributed by atoms with Crippen molar-refractivity contribution in [2.24, 2.45) is 5.73 Å². The normalized spacial score (nSPS) is 12.2. The topological polar surface area (TPSA) is 75.3 Å². The Bertz CT molecular complexity index is 396. The van der Waals surface area contributed by atoms with Gasteiger partial charge < -0.3 is 16.2 Å². The Balaban J connectivity index is 2.75. The molecule has 17 heavy (non-hydrogen) atoms. The molecule has 0 bridgehead atoms. The van der Waals surface area contributed by atoms with Gasteiger partial charge in [-0.05, 0) is 24.6 Å². The van der Waals surface area contributed by atoms with Gasteiger partial charge in [-0.15, -0.1) is 0 Å². The van der Waals surface area contributed by atoms with Crippen LogP contribution in [-0.2, 0) is 0 Å². The number of rotatable bonds is 5. The standard InChI is InChI=1S/C12H17BrN2O2/c1-2-3-9(7-14)15-12(17)10-5-4-8(13)6-11(10)16/h4-6,9,16H,2-3,7,14H2,1H3,(H,15,17). The maximum absolute atomic E-state index is 11.9. The van der Waals surface area contributed by atoms with Gasteiger partial charge in [0, 0.05) is 17.1 Å². The first-order valence-corrected chi connectivity index (χ1v) is 6.37. The van der Waals surface area contributed by atoms with Crippen molar-refractivity contribution < 1.29 is 9.90 Å². The summed E-state index contributed by atoms with van der Waals surface area (Å²) in [5, 5.41) is 12.5. The number of phenolic OH excluding ortho intramolecular Hbond substituents is 1. The third kappa shape index (κ3) is 4.02. The summed E-state index contributed by atoms with van der Waals surface area (Å²) in [6.45, 7) is 2.43. The van der Waals surface area contributed by atoms with E-state index in [1.165, 1.54) is 6.07 Å². The SMILES string of the molecule is CCCC(CN)NC(=O)c1ccc(Br)cc1O. The fourth-order valence-electron chi connectivity index (χ4n) is 1.56. The van der Waals surface area contributed by atoms with Gasteiger partial charge in [0.05, 0.1) is 5.56 Å². The number of carbonyl (C=O) groups is 1. The van der Waals surface area contributed by atoms with Crippen LogP contribution in [0, 0.1) is 0 Å². The Morgan fingerprint density at radius 3 is 2.82 bits per heavy atom. The van der Waals surface area contributed by atoms with Gasteiger partial charge in [0.15, 0.2) is 0 Å². The van der Waals surface area contributed by atoms with Crippen molar-refractivity contribution in [3.8, 4) is 5.75 Å². The predicted molar refractivity (Wildman–Crippen MR) is 71.0 cm³/mol. The number of aromatic hydroxyl groups is 1. The molecule has 1 unspecified atom stereocenters. The van der Waals surface area contributed by atoms with Crippen LogP contribution in [0.5, 0.6) is 5.75 Å². The van der Waals surface area contributed by atoms with Crippen LogP contribution in [0.3, 0.4) is 0 Å². The minimum absolute atomic E-state index is 0.0378. The zero-order chi connectivity index (χ0) is 12.8. The molecule has 0 aromatic heterocycles. The van der Waals surface area contributed by atoms with Gasteiger partial charge in [0.2, 0.25) is 0 Å². The molecule has 4 N–H and O–H groups in total. The van der Waals surface area contributed by atoms with Crippen LogP contribution >= 0.6 is 15.9 Å². The molecule has 0 fully saturated rings. The summed E-state index contributed by atoms with van der Waals surface area (Å²) in [7, 11) is 0. The van der Waals surface area contributed by atoms with E-state index in [-0.39, 0.29) is 23.3 Å². The van der Waals surface area contributed by atoms with Crippen molar-refractivity contribution in [3.63, 3.8) is 0 Å². The molecule has 5 heteroatoms. The number of carbonyl (C=O) groups excluding carboxylic acids is 1. The van der Waals surface area contributed by atoms with Gasteiger partial charge in [-0.25, -0.2) is 0 Å². The molecule has 1 aromatic carbocycles. The highest BCUT2D eigenvalue weighted by Gasteiger charge is 2.14. The van der Waals surface area contributed by atoms with E-state index in [2.05, 4.69) is 21.2 Å². The molecule has 0 saturated heterocycles. The molecule has 1 atom stereocenters. The first kappa shape index (κ1) is 14.0. The smallest absolute Gasteiger partial charge is 0.255 e. The van der Waals surface area contributed by atoms with Crippen molar-refractivity contribution in [1.82, 2.24) is 5.32 Å². The maximum Gasteiger partial charge on any atom is 0.255 e. The van der Waals surface area contributed by atoms with E-state index < -0.39 is 0 Å². The Morgan fingerprint density at radius 1 is 1.59 bits per heavy atom. The monoisotopic (exact) mass is 300 g/mol. The maximum atomic E-state index is 11.9. The van der Waals surface area contributed by atoms with Crippen molar-refractivity contribution in [1.29, 1.82) is 0 Å². The summed E-state index contributed by atoms with van der Waals surface area (Å²) in [5.74, 6) is -0.331. The van der Waals surface area contributed by atoms with Crippen LogP contribution < -0.4 is 11.1 Å². The number of nitrogens with one attached hydrogen (secondary N) is 1. The summed E-state index contributed by atoms with van der Waals surface area (Å²) in [4.78, 5) is 11.9.